The largest absolute Gasteiger partial charge is 0.417 e. The molecule has 2 aromatic carbocycles. The normalized spacial score (nSPS) is 16.6. The first kappa shape index (κ1) is 19.5. The van der Waals surface area contributed by atoms with Gasteiger partial charge in [-0.15, -0.1) is 0 Å². The maximum atomic E-state index is 13.0. The minimum Gasteiger partial charge on any atom is -0.358 e. The zero-order valence-corrected chi connectivity index (χ0v) is 15.6. The first-order chi connectivity index (χ1) is 12.8. The van der Waals surface area contributed by atoms with Gasteiger partial charge in [-0.05, 0) is 30.5 Å². The van der Waals surface area contributed by atoms with E-state index in [2.05, 4.69) is 6.58 Å². The van der Waals surface area contributed by atoms with Crippen LogP contribution in [0.1, 0.15) is 41.6 Å². The SMILES string of the molecule is C=C1c2ccccc2C(C(=O)CCc2cccc(C(F)(F)F)c2Cl)N1CC. The molecule has 27 heavy (non-hydrogen) atoms. The lowest BCUT2D eigenvalue weighted by atomic mass is 9.96. The number of likely N-dealkylation sites (N-methyl/N-ethyl adjacent to an activating group) is 1. The molecule has 142 valence electrons. The van der Waals surface area contributed by atoms with Crippen molar-refractivity contribution in [2.75, 3.05) is 6.54 Å². The minimum atomic E-state index is -4.52. The van der Waals surface area contributed by atoms with E-state index < -0.39 is 17.8 Å². The number of carbonyl (C=O) groups is 1. The summed E-state index contributed by atoms with van der Waals surface area (Å²) in [6.07, 6.45) is -4.26. The van der Waals surface area contributed by atoms with Gasteiger partial charge in [-0.2, -0.15) is 13.2 Å². The highest BCUT2D eigenvalue weighted by Gasteiger charge is 2.36. The number of rotatable bonds is 5. The van der Waals surface area contributed by atoms with E-state index in [0.29, 0.717) is 12.1 Å². The molecule has 1 heterocycles. The van der Waals surface area contributed by atoms with Crippen LogP contribution < -0.4 is 0 Å². The molecule has 1 unspecified atom stereocenters. The first-order valence-corrected chi connectivity index (χ1v) is 9.05. The van der Waals surface area contributed by atoms with Crippen molar-refractivity contribution in [1.82, 2.24) is 4.90 Å². The number of hydrogen-bond acceptors (Lipinski definition) is 2. The predicted octanol–water partition coefficient (Wildman–Crippen LogP) is 5.91. The molecule has 1 atom stereocenters. The summed E-state index contributed by atoms with van der Waals surface area (Å²) in [5.74, 6) is -0.0589. The Morgan fingerprint density at radius 1 is 1.19 bits per heavy atom. The molecule has 0 aliphatic carbocycles. The average molecular weight is 394 g/mol. The molecule has 0 N–H and O–H groups in total. The van der Waals surface area contributed by atoms with E-state index in [9.17, 15) is 18.0 Å². The fourth-order valence-corrected chi connectivity index (χ4v) is 3.91. The second-order valence-corrected chi connectivity index (χ2v) is 6.84. The van der Waals surface area contributed by atoms with E-state index in [4.69, 9.17) is 11.6 Å². The lowest BCUT2D eigenvalue weighted by Gasteiger charge is -2.25. The fourth-order valence-electron chi connectivity index (χ4n) is 3.58. The van der Waals surface area contributed by atoms with Crippen LogP contribution >= 0.6 is 11.6 Å². The van der Waals surface area contributed by atoms with Crippen molar-refractivity contribution in [3.63, 3.8) is 0 Å². The Morgan fingerprint density at radius 3 is 2.56 bits per heavy atom. The summed E-state index contributed by atoms with van der Waals surface area (Å²) in [5, 5.41) is -0.332. The summed E-state index contributed by atoms with van der Waals surface area (Å²) in [7, 11) is 0. The molecule has 0 fully saturated rings. The second-order valence-electron chi connectivity index (χ2n) is 6.47. The number of hydrogen-bond donors (Lipinski definition) is 0. The van der Waals surface area contributed by atoms with Gasteiger partial charge in [-0.3, -0.25) is 4.79 Å². The van der Waals surface area contributed by atoms with Gasteiger partial charge in [0.25, 0.3) is 0 Å². The van der Waals surface area contributed by atoms with E-state index in [1.54, 1.807) is 0 Å². The third-order valence-electron chi connectivity index (χ3n) is 4.90. The van der Waals surface area contributed by atoms with Crippen LogP contribution in [0.3, 0.4) is 0 Å². The molecule has 0 bridgehead atoms. The molecule has 1 aliphatic heterocycles. The van der Waals surface area contributed by atoms with Gasteiger partial charge in [0.2, 0.25) is 0 Å². The zero-order valence-electron chi connectivity index (χ0n) is 14.8. The molecule has 2 nitrogen and oxygen atoms in total. The van der Waals surface area contributed by atoms with Gasteiger partial charge in [0, 0.05) is 24.2 Å². The van der Waals surface area contributed by atoms with Gasteiger partial charge in [0.15, 0.2) is 5.78 Å². The molecular formula is C21H19ClF3NO. The van der Waals surface area contributed by atoms with Crippen LogP contribution in [0, 0.1) is 0 Å². The van der Waals surface area contributed by atoms with Crippen LogP contribution in [0.4, 0.5) is 13.2 Å². The van der Waals surface area contributed by atoms with Gasteiger partial charge in [-0.1, -0.05) is 54.6 Å². The lowest BCUT2D eigenvalue weighted by molar-refractivity contribution is -0.137. The fraction of sp³-hybridized carbons (Fsp3) is 0.286. The van der Waals surface area contributed by atoms with Crippen molar-refractivity contribution in [2.24, 2.45) is 0 Å². The van der Waals surface area contributed by atoms with Crippen LogP contribution in [-0.4, -0.2) is 17.2 Å². The van der Waals surface area contributed by atoms with Crippen molar-refractivity contribution in [2.45, 2.75) is 32.0 Å². The smallest absolute Gasteiger partial charge is 0.358 e. The van der Waals surface area contributed by atoms with Crippen LogP contribution in [0.2, 0.25) is 5.02 Å². The average Bonchev–Trinajstić information content (AvgIpc) is 2.92. The van der Waals surface area contributed by atoms with Crippen molar-refractivity contribution in [3.05, 3.63) is 76.3 Å². The topological polar surface area (TPSA) is 20.3 Å². The van der Waals surface area contributed by atoms with Crippen molar-refractivity contribution in [3.8, 4) is 0 Å². The summed E-state index contributed by atoms with van der Waals surface area (Å²) in [6.45, 7) is 6.64. The highest BCUT2D eigenvalue weighted by atomic mass is 35.5. The molecule has 1 aliphatic rings. The Balaban J connectivity index is 1.82. The van der Waals surface area contributed by atoms with Gasteiger partial charge < -0.3 is 4.90 Å². The minimum absolute atomic E-state index is 0.0589. The Hall–Kier alpha value is -2.27. The molecule has 0 radical (unpaired) electrons. The highest BCUT2D eigenvalue weighted by molar-refractivity contribution is 6.32. The molecule has 0 aromatic heterocycles. The molecule has 2 aromatic rings. The maximum Gasteiger partial charge on any atom is 0.417 e. The van der Waals surface area contributed by atoms with Crippen molar-refractivity contribution in [1.29, 1.82) is 0 Å². The van der Waals surface area contributed by atoms with Crippen molar-refractivity contribution >= 4 is 23.1 Å². The monoisotopic (exact) mass is 393 g/mol. The number of carbonyl (C=O) groups excluding carboxylic acids is 1. The number of halogens is 4. The third kappa shape index (κ3) is 3.61. The maximum absolute atomic E-state index is 13.0. The van der Waals surface area contributed by atoms with Crippen LogP contribution in [0.25, 0.3) is 5.70 Å². The summed E-state index contributed by atoms with van der Waals surface area (Å²) < 4.78 is 39.0. The van der Waals surface area contributed by atoms with Crippen LogP contribution in [-0.2, 0) is 17.4 Å². The second kappa shape index (κ2) is 7.39. The Kier molecular flexibility index (Phi) is 5.33. The van der Waals surface area contributed by atoms with E-state index >= 15 is 0 Å². The van der Waals surface area contributed by atoms with E-state index in [1.807, 2.05) is 36.1 Å². The quantitative estimate of drug-likeness (QED) is 0.629. The third-order valence-corrected chi connectivity index (χ3v) is 5.34. The number of fused-ring (bicyclic) bond motifs is 1. The van der Waals surface area contributed by atoms with E-state index in [0.717, 1.165) is 22.9 Å². The summed E-state index contributed by atoms with van der Waals surface area (Å²) >= 11 is 5.94. The van der Waals surface area contributed by atoms with Gasteiger partial charge in [0.1, 0.15) is 6.04 Å². The number of Topliss-reactive ketones (excluding diaryl/α,β-unsaturated/α-hetero) is 1. The number of alkyl halides is 3. The number of nitrogens with zero attached hydrogens (tertiary/aromatic N) is 1. The first-order valence-electron chi connectivity index (χ1n) is 8.67. The van der Waals surface area contributed by atoms with Gasteiger partial charge in [0.05, 0.1) is 10.6 Å². The van der Waals surface area contributed by atoms with Crippen LogP contribution in [0.5, 0.6) is 0 Å². The standard InChI is InChI=1S/C21H19ClF3NO/c1-3-26-13(2)15-8-4-5-9-16(15)20(26)18(27)12-11-14-7-6-10-17(19(14)22)21(23,24)25/h4-10,20H,2-3,11-12H2,1H3. The number of benzene rings is 2. The molecule has 0 amide bonds. The molecular weight excluding hydrogens is 375 g/mol. The van der Waals surface area contributed by atoms with Crippen LogP contribution in [0.15, 0.2) is 49.0 Å². The van der Waals surface area contributed by atoms with E-state index in [-0.39, 0.29) is 23.6 Å². The van der Waals surface area contributed by atoms with Gasteiger partial charge in [-0.25, -0.2) is 0 Å². The van der Waals surface area contributed by atoms with Gasteiger partial charge >= 0.3 is 6.18 Å². The predicted molar refractivity (Wildman–Crippen MR) is 100 cm³/mol. The highest BCUT2D eigenvalue weighted by Crippen LogP contribution is 2.41. The summed E-state index contributed by atoms with van der Waals surface area (Å²) in [6, 6.07) is 10.9. The summed E-state index contributed by atoms with van der Waals surface area (Å²) in [4.78, 5) is 14.9. The molecule has 0 spiro atoms. The molecule has 3 rings (SSSR count). The van der Waals surface area contributed by atoms with Crippen molar-refractivity contribution < 1.29 is 18.0 Å². The molecule has 0 saturated heterocycles. The zero-order chi connectivity index (χ0) is 19.8. The summed E-state index contributed by atoms with van der Waals surface area (Å²) in [5.41, 5.74) is 2.08. The Labute approximate surface area is 161 Å². The molecule has 6 heteroatoms. The van der Waals surface area contributed by atoms with E-state index in [1.165, 1.54) is 12.1 Å². The Morgan fingerprint density at radius 2 is 1.89 bits per heavy atom. The lowest BCUT2D eigenvalue weighted by Crippen LogP contribution is -2.27. The Bertz CT molecular complexity index is 891. The number of ketones is 1. The number of aryl methyl sites for hydroxylation is 1. The molecule has 0 saturated carbocycles.